The highest BCUT2D eigenvalue weighted by Crippen LogP contribution is 2.14. The van der Waals surface area contributed by atoms with Gasteiger partial charge in [0.05, 0.1) is 0 Å². The van der Waals surface area contributed by atoms with Gasteiger partial charge in [-0.3, -0.25) is 4.79 Å². The van der Waals surface area contributed by atoms with Crippen LogP contribution in [0.2, 0.25) is 0 Å². The zero-order chi connectivity index (χ0) is 12.6. The lowest BCUT2D eigenvalue weighted by Crippen LogP contribution is -2.18. The van der Waals surface area contributed by atoms with E-state index < -0.39 is 5.83 Å². The van der Waals surface area contributed by atoms with Crippen LogP contribution in [0.3, 0.4) is 0 Å². The molecule has 0 aromatic rings. The third-order valence-electron chi connectivity index (χ3n) is 2.01. The normalized spacial score (nSPS) is 12.4. The molecule has 1 atom stereocenters. The van der Waals surface area contributed by atoms with Crippen LogP contribution in [0.1, 0.15) is 33.1 Å². The summed E-state index contributed by atoms with van der Waals surface area (Å²) < 4.78 is 17.6. The lowest BCUT2D eigenvalue weighted by atomic mass is 10.1. The summed E-state index contributed by atoms with van der Waals surface area (Å²) in [5, 5.41) is 0. The van der Waals surface area contributed by atoms with Gasteiger partial charge in [-0.1, -0.05) is 39.5 Å². The first-order valence-corrected chi connectivity index (χ1v) is 5.42. The molecule has 0 aromatic carbocycles. The zero-order valence-electron chi connectivity index (χ0n) is 9.96. The zero-order valence-corrected chi connectivity index (χ0v) is 9.96. The van der Waals surface area contributed by atoms with Crippen LogP contribution in [0.25, 0.3) is 0 Å². The van der Waals surface area contributed by atoms with E-state index in [1.54, 1.807) is 6.92 Å². The SMILES string of the molecule is C=C(F)/C=C\C(=C)C(CCC)OC(=O)CC. The molecule has 0 aliphatic heterocycles. The highest BCUT2D eigenvalue weighted by Gasteiger charge is 2.14. The summed E-state index contributed by atoms with van der Waals surface area (Å²) in [5.74, 6) is -0.815. The van der Waals surface area contributed by atoms with Gasteiger partial charge in [0.2, 0.25) is 0 Å². The number of carbonyl (C=O) groups excluding carboxylic acids is 1. The van der Waals surface area contributed by atoms with E-state index in [0.717, 1.165) is 6.42 Å². The van der Waals surface area contributed by atoms with Crippen molar-refractivity contribution in [1.82, 2.24) is 0 Å². The van der Waals surface area contributed by atoms with Crippen LogP contribution in [0, 0.1) is 0 Å². The van der Waals surface area contributed by atoms with Gasteiger partial charge in [0, 0.05) is 6.42 Å². The molecule has 0 aliphatic rings. The van der Waals surface area contributed by atoms with Gasteiger partial charge in [0.25, 0.3) is 0 Å². The van der Waals surface area contributed by atoms with Crippen molar-refractivity contribution in [2.75, 3.05) is 0 Å². The number of hydrogen-bond acceptors (Lipinski definition) is 2. The van der Waals surface area contributed by atoms with Crippen molar-refractivity contribution in [1.29, 1.82) is 0 Å². The molecule has 0 saturated carbocycles. The number of esters is 1. The van der Waals surface area contributed by atoms with Gasteiger partial charge in [-0.25, -0.2) is 4.39 Å². The van der Waals surface area contributed by atoms with Crippen LogP contribution in [0.4, 0.5) is 4.39 Å². The molecule has 0 spiro atoms. The topological polar surface area (TPSA) is 26.3 Å². The monoisotopic (exact) mass is 226 g/mol. The highest BCUT2D eigenvalue weighted by atomic mass is 19.1. The van der Waals surface area contributed by atoms with E-state index in [4.69, 9.17) is 4.74 Å². The summed E-state index contributed by atoms with van der Waals surface area (Å²) in [6.45, 7) is 10.6. The van der Waals surface area contributed by atoms with E-state index in [1.165, 1.54) is 12.2 Å². The van der Waals surface area contributed by atoms with E-state index >= 15 is 0 Å². The van der Waals surface area contributed by atoms with Crippen molar-refractivity contribution in [2.45, 2.75) is 39.2 Å². The fourth-order valence-electron chi connectivity index (χ4n) is 1.13. The van der Waals surface area contributed by atoms with Crippen molar-refractivity contribution in [3.63, 3.8) is 0 Å². The Morgan fingerprint density at radius 1 is 1.38 bits per heavy atom. The van der Waals surface area contributed by atoms with Gasteiger partial charge >= 0.3 is 5.97 Å². The Hall–Kier alpha value is -1.38. The van der Waals surface area contributed by atoms with Gasteiger partial charge in [-0.15, -0.1) is 0 Å². The predicted octanol–water partition coefficient (Wildman–Crippen LogP) is 3.70. The first-order valence-electron chi connectivity index (χ1n) is 5.42. The molecule has 90 valence electrons. The van der Waals surface area contributed by atoms with E-state index in [9.17, 15) is 9.18 Å². The number of rotatable bonds is 7. The van der Waals surface area contributed by atoms with E-state index in [0.29, 0.717) is 18.4 Å². The molecule has 0 N–H and O–H groups in total. The molecule has 0 amide bonds. The largest absolute Gasteiger partial charge is 0.458 e. The maximum absolute atomic E-state index is 12.4. The summed E-state index contributed by atoms with van der Waals surface area (Å²) in [5.41, 5.74) is 0.586. The van der Waals surface area contributed by atoms with Crippen molar-refractivity contribution < 1.29 is 13.9 Å². The Bertz CT molecular complexity index is 292. The molecule has 2 nitrogen and oxygen atoms in total. The molecule has 0 heterocycles. The molecule has 16 heavy (non-hydrogen) atoms. The summed E-state index contributed by atoms with van der Waals surface area (Å²) in [7, 11) is 0. The van der Waals surface area contributed by atoms with E-state index in [1.807, 2.05) is 6.92 Å². The Morgan fingerprint density at radius 2 is 2.00 bits per heavy atom. The number of allylic oxidation sites excluding steroid dienone is 2. The molecular weight excluding hydrogens is 207 g/mol. The standard InChI is InChI=1S/C13H19FO2/c1-5-7-12(16-13(15)6-2)10(3)8-9-11(4)14/h8-9,12H,3-7H2,1-2H3/b9-8-. The van der Waals surface area contributed by atoms with Crippen molar-refractivity contribution in [2.24, 2.45) is 0 Å². The van der Waals surface area contributed by atoms with Gasteiger partial charge in [-0.05, 0) is 18.1 Å². The fraction of sp³-hybridized carbons (Fsp3) is 0.462. The van der Waals surface area contributed by atoms with Gasteiger partial charge in [0.1, 0.15) is 11.9 Å². The van der Waals surface area contributed by atoms with Gasteiger partial charge in [0.15, 0.2) is 0 Å². The maximum atomic E-state index is 12.4. The second-order valence-corrected chi connectivity index (χ2v) is 3.48. The Balaban J connectivity index is 4.45. The molecule has 0 aliphatic carbocycles. The number of carbonyl (C=O) groups is 1. The average Bonchev–Trinajstić information content (AvgIpc) is 2.24. The highest BCUT2D eigenvalue weighted by molar-refractivity contribution is 5.69. The fourth-order valence-corrected chi connectivity index (χ4v) is 1.13. The number of ether oxygens (including phenoxy) is 1. The van der Waals surface area contributed by atoms with Crippen molar-refractivity contribution >= 4 is 5.97 Å². The molecular formula is C13H19FO2. The summed E-state index contributed by atoms with van der Waals surface area (Å²) in [4.78, 5) is 11.2. The summed E-state index contributed by atoms with van der Waals surface area (Å²) >= 11 is 0. The summed E-state index contributed by atoms with van der Waals surface area (Å²) in [6, 6.07) is 0. The quantitative estimate of drug-likeness (QED) is 0.488. The van der Waals surface area contributed by atoms with Crippen LogP contribution in [0.5, 0.6) is 0 Å². The van der Waals surface area contributed by atoms with Crippen LogP contribution in [-0.2, 0) is 9.53 Å². The molecule has 1 unspecified atom stereocenters. The lowest BCUT2D eigenvalue weighted by molar-refractivity contribution is -0.147. The second kappa shape index (κ2) is 7.85. The Kier molecular flexibility index (Phi) is 7.18. The molecule has 0 aromatic heterocycles. The molecule has 0 saturated heterocycles. The molecule has 0 bridgehead atoms. The third-order valence-corrected chi connectivity index (χ3v) is 2.01. The van der Waals surface area contributed by atoms with Crippen LogP contribution < -0.4 is 0 Å². The first kappa shape index (κ1) is 14.6. The molecule has 0 radical (unpaired) electrons. The van der Waals surface area contributed by atoms with Crippen LogP contribution in [-0.4, -0.2) is 12.1 Å². The lowest BCUT2D eigenvalue weighted by Gasteiger charge is -2.17. The number of hydrogen-bond donors (Lipinski definition) is 0. The number of halogens is 1. The van der Waals surface area contributed by atoms with Gasteiger partial charge in [-0.2, -0.15) is 0 Å². The molecule has 3 heteroatoms. The average molecular weight is 226 g/mol. The molecule has 0 fully saturated rings. The van der Waals surface area contributed by atoms with Crippen LogP contribution in [0.15, 0.2) is 36.7 Å². The minimum Gasteiger partial charge on any atom is -0.458 e. The maximum Gasteiger partial charge on any atom is 0.306 e. The van der Waals surface area contributed by atoms with Crippen molar-refractivity contribution in [3.8, 4) is 0 Å². The Labute approximate surface area is 96.5 Å². The van der Waals surface area contributed by atoms with E-state index in [2.05, 4.69) is 13.2 Å². The minimum atomic E-state index is -0.543. The Morgan fingerprint density at radius 3 is 2.44 bits per heavy atom. The second-order valence-electron chi connectivity index (χ2n) is 3.48. The molecule has 0 rings (SSSR count). The van der Waals surface area contributed by atoms with Gasteiger partial charge < -0.3 is 4.74 Å². The van der Waals surface area contributed by atoms with Crippen molar-refractivity contribution in [3.05, 3.63) is 36.7 Å². The summed E-state index contributed by atoms with van der Waals surface area (Å²) in [6.07, 6.45) is 4.22. The predicted molar refractivity (Wildman–Crippen MR) is 63.6 cm³/mol. The van der Waals surface area contributed by atoms with E-state index in [-0.39, 0.29) is 12.1 Å². The smallest absolute Gasteiger partial charge is 0.306 e. The van der Waals surface area contributed by atoms with Crippen LogP contribution >= 0.6 is 0 Å². The minimum absolute atomic E-state index is 0.271. The first-order chi connectivity index (χ1) is 7.51. The third kappa shape index (κ3) is 6.17.